The zero-order valence-electron chi connectivity index (χ0n) is 8.74. The van der Waals surface area contributed by atoms with Crippen LogP contribution >= 0.6 is 23.2 Å². The minimum absolute atomic E-state index is 0.278. The van der Waals surface area contributed by atoms with Gasteiger partial charge in [-0.15, -0.1) is 10.2 Å². The molecule has 2 aromatic rings. The molecule has 0 fully saturated rings. The lowest BCUT2D eigenvalue weighted by Crippen LogP contribution is -1.98. The van der Waals surface area contributed by atoms with Crippen molar-refractivity contribution in [1.29, 1.82) is 0 Å². The Morgan fingerprint density at radius 1 is 1.31 bits per heavy atom. The Morgan fingerprint density at radius 2 is 2.06 bits per heavy atom. The fraction of sp³-hybridized carbons (Fsp3) is 0.200. The van der Waals surface area contributed by atoms with Crippen molar-refractivity contribution in [2.75, 3.05) is 7.11 Å². The zero-order valence-corrected chi connectivity index (χ0v) is 10.2. The van der Waals surface area contributed by atoms with E-state index < -0.39 is 0 Å². The van der Waals surface area contributed by atoms with Gasteiger partial charge in [0.05, 0.1) is 12.8 Å². The molecular formula is C10H9Cl2N3O. The standard InChI is InChI=1S/C10H9Cl2N3O/c1-6-3-8(9(16-2)4-7(6)11)15-5-13-14-10(15)12/h3-5H,1-2H3. The second-order valence-electron chi connectivity index (χ2n) is 3.24. The van der Waals surface area contributed by atoms with Crippen molar-refractivity contribution in [1.82, 2.24) is 14.8 Å². The van der Waals surface area contributed by atoms with Crippen LogP contribution in [-0.4, -0.2) is 21.9 Å². The predicted molar refractivity (Wildman–Crippen MR) is 62.7 cm³/mol. The predicted octanol–water partition coefficient (Wildman–Crippen LogP) is 2.89. The van der Waals surface area contributed by atoms with E-state index in [-0.39, 0.29) is 5.28 Å². The van der Waals surface area contributed by atoms with Gasteiger partial charge in [0.25, 0.3) is 0 Å². The Balaban J connectivity index is 2.64. The zero-order chi connectivity index (χ0) is 11.7. The summed E-state index contributed by atoms with van der Waals surface area (Å²) < 4.78 is 6.87. The van der Waals surface area contributed by atoms with Gasteiger partial charge in [-0.25, -0.2) is 0 Å². The molecule has 0 unspecified atom stereocenters. The highest BCUT2D eigenvalue weighted by atomic mass is 35.5. The number of hydrogen-bond donors (Lipinski definition) is 0. The number of aryl methyl sites for hydroxylation is 1. The molecule has 1 aromatic carbocycles. The molecule has 0 aliphatic rings. The van der Waals surface area contributed by atoms with E-state index in [0.29, 0.717) is 10.8 Å². The molecule has 0 aliphatic carbocycles. The number of hydrogen-bond acceptors (Lipinski definition) is 3. The highest BCUT2D eigenvalue weighted by Crippen LogP contribution is 2.30. The van der Waals surface area contributed by atoms with Gasteiger partial charge in [-0.3, -0.25) is 4.57 Å². The van der Waals surface area contributed by atoms with Crippen molar-refractivity contribution < 1.29 is 4.74 Å². The maximum absolute atomic E-state index is 6.01. The van der Waals surface area contributed by atoms with E-state index in [4.69, 9.17) is 27.9 Å². The number of aromatic nitrogens is 3. The maximum atomic E-state index is 6.01. The Morgan fingerprint density at radius 3 is 2.62 bits per heavy atom. The molecule has 0 spiro atoms. The van der Waals surface area contributed by atoms with Gasteiger partial charge in [0, 0.05) is 11.1 Å². The lowest BCUT2D eigenvalue weighted by Gasteiger charge is -2.11. The number of rotatable bonds is 2. The van der Waals surface area contributed by atoms with Crippen LogP contribution in [0, 0.1) is 6.92 Å². The van der Waals surface area contributed by atoms with E-state index >= 15 is 0 Å². The first-order valence-electron chi connectivity index (χ1n) is 4.53. The van der Waals surface area contributed by atoms with E-state index in [9.17, 15) is 0 Å². The van der Waals surface area contributed by atoms with Crippen molar-refractivity contribution in [3.8, 4) is 11.4 Å². The number of benzene rings is 1. The minimum atomic E-state index is 0.278. The number of methoxy groups -OCH3 is 1. The van der Waals surface area contributed by atoms with Gasteiger partial charge in [0.1, 0.15) is 12.1 Å². The molecule has 0 atom stereocenters. The lowest BCUT2D eigenvalue weighted by atomic mass is 10.2. The molecule has 1 aromatic heterocycles. The highest BCUT2D eigenvalue weighted by Gasteiger charge is 2.11. The molecular weight excluding hydrogens is 249 g/mol. The van der Waals surface area contributed by atoms with Crippen molar-refractivity contribution >= 4 is 23.2 Å². The summed E-state index contributed by atoms with van der Waals surface area (Å²) in [6.07, 6.45) is 1.52. The Kier molecular flexibility index (Phi) is 3.03. The van der Waals surface area contributed by atoms with Gasteiger partial charge in [-0.05, 0) is 30.2 Å². The van der Waals surface area contributed by atoms with Crippen molar-refractivity contribution in [2.24, 2.45) is 0 Å². The number of nitrogens with zero attached hydrogens (tertiary/aromatic N) is 3. The summed E-state index contributed by atoms with van der Waals surface area (Å²) in [5.41, 5.74) is 1.70. The van der Waals surface area contributed by atoms with Crippen LogP contribution in [0.15, 0.2) is 18.5 Å². The smallest absolute Gasteiger partial charge is 0.229 e. The molecule has 1 heterocycles. The van der Waals surface area contributed by atoms with Crippen LogP contribution in [0.25, 0.3) is 5.69 Å². The van der Waals surface area contributed by atoms with E-state index in [1.807, 2.05) is 13.0 Å². The molecule has 0 bridgehead atoms. The van der Waals surface area contributed by atoms with Crippen LogP contribution in [-0.2, 0) is 0 Å². The fourth-order valence-corrected chi connectivity index (χ4v) is 1.71. The third-order valence-electron chi connectivity index (χ3n) is 2.23. The molecule has 84 valence electrons. The summed E-state index contributed by atoms with van der Waals surface area (Å²) >= 11 is 11.9. The Bertz CT molecular complexity index is 525. The first-order valence-corrected chi connectivity index (χ1v) is 5.29. The van der Waals surface area contributed by atoms with E-state index in [1.54, 1.807) is 17.7 Å². The van der Waals surface area contributed by atoms with Crippen molar-refractivity contribution in [3.63, 3.8) is 0 Å². The molecule has 2 rings (SSSR count). The van der Waals surface area contributed by atoms with Crippen LogP contribution < -0.4 is 4.74 Å². The molecule has 6 heteroatoms. The van der Waals surface area contributed by atoms with Crippen LogP contribution in [0.3, 0.4) is 0 Å². The Hall–Kier alpha value is -1.26. The largest absolute Gasteiger partial charge is 0.495 e. The monoisotopic (exact) mass is 257 g/mol. The first-order chi connectivity index (χ1) is 7.63. The third-order valence-corrected chi connectivity index (χ3v) is 2.89. The highest BCUT2D eigenvalue weighted by molar-refractivity contribution is 6.31. The molecule has 0 saturated heterocycles. The van der Waals surface area contributed by atoms with E-state index in [2.05, 4.69) is 10.2 Å². The first kappa shape index (κ1) is 11.2. The third kappa shape index (κ3) is 1.86. The maximum Gasteiger partial charge on any atom is 0.229 e. The van der Waals surface area contributed by atoms with Crippen molar-refractivity contribution in [3.05, 3.63) is 34.3 Å². The fourth-order valence-electron chi connectivity index (χ4n) is 1.38. The van der Waals surface area contributed by atoms with Gasteiger partial charge in [0.15, 0.2) is 0 Å². The summed E-state index contributed by atoms with van der Waals surface area (Å²) in [4.78, 5) is 0. The second kappa shape index (κ2) is 4.31. The topological polar surface area (TPSA) is 39.9 Å². The van der Waals surface area contributed by atoms with Crippen LogP contribution in [0.2, 0.25) is 10.3 Å². The van der Waals surface area contributed by atoms with E-state index in [1.165, 1.54) is 6.33 Å². The molecule has 4 nitrogen and oxygen atoms in total. The number of ether oxygens (including phenoxy) is 1. The second-order valence-corrected chi connectivity index (χ2v) is 3.99. The van der Waals surface area contributed by atoms with Gasteiger partial charge < -0.3 is 4.74 Å². The molecule has 16 heavy (non-hydrogen) atoms. The average Bonchev–Trinajstić information content (AvgIpc) is 2.68. The van der Waals surface area contributed by atoms with Crippen LogP contribution in [0.4, 0.5) is 0 Å². The van der Waals surface area contributed by atoms with Crippen LogP contribution in [0.5, 0.6) is 5.75 Å². The Labute approximate surface area is 103 Å². The molecule has 0 aliphatic heterocycles. The van der Waals surface area contributed by atoms with Gasteiger partial charge >= 0.3 is 0 Å². The van der Waals surface area contributed by atoms with Gasteiger partial charge in [0.2, 0.25) is 5.28 Å². The summed E-state index contributed by atoms with van der Waals surface area (Å²) in [6.45, 7) is 1.91. The molecule has 0 N–H and O–H groups in total. The molecule has 0 amide bonds. The summed E-state index contributed by atoms with van der Waals surface area (Å²) in [5, 5.41) is 8.35. The van der Waals surface area contributed by atoms with Gasteiger partial charge in [-0.2, -0.15) is 0 Å². The molecule has 0 radical (unpaired) electrons. The normalized spacial score (nSPS) is 10.5. The lowest BCUT2D eigenvalue weighted by molar-refractivity contribution is 0.413. The van der Waals surface area contributed by atoms with Crippen LogP contribution in [0.1, 0.15) is 5.56 Å². The quantitative estimate of drug-likeness (QED) is 0.831. The van der Waals surface area contributed by atoms with Gasteiger partial charge in [-0.1, -0.05) is 11.6 Å². The molecule has 0 saturated carbocycles. The minimum Gasteiger partial charge on any atom is -0.495 e. The SMILES string of the molecule is COc1cc(Cl)c(C)cc1-n1cnnc1Cl. The van der Waals surface area contributed by atoms with Crippen molar-refractivity contribution in [2.45, 2.75) is 6.92 Å². The average molecular weight is 258 g/mol. The number of halogens is 2. The summed E-state index contributed by atoms with van der Waals surface area (Å²) in [5.74, 6) is 0.623. The summed E-state index contributed by atoms with van der Waals surface area (Å²) in [6, 6.07) is 3.61. The van der Waals surface area contributed by atoms with E-state index in [0.717, 1.165) is 11.3 Å². The summed E-state index contributed by atoms with van der Waals surface area (Å²) in [7, 11) is 1.57.